The smallest absolute Gasteiger partial charge is 0.0350 e. The maximum absolute atomic E-state index is 3.39. The van der Waals surface area contributed by atoms with Crippen LogP contribution in [0.4, 0.5) is 0 Å². The van der Waals surface area contributed by atoms with Crippen LogP contribution in [0.3, 0.4) is 0 Å². The molecule has 0 amide bonds. The zero-order valence-electron chi connectivity index (χ0n) is 6.83. The van der Waals surface area contributed by atoms with E-state index in [0.717, 1.165) is 13.1 Å². The van der Waals surface area contributed by atoms with Gasteiger partial charge in [-0.05, 0) is 26.8 Å². The Morgan fingerprint density at radius 2 is 2.40 bits per heavy atom. The van der Waals surface area contributed by atoms with Crippen molar-refractivity contribution in [2.24, 2.45) is 0 Å². The van der Waals surface area contributed by atoms with Crippen molar-refractivity contribution in [2.45, 2.75) is 19.8 Å². The molecule has 10 heavy (non-hydrogen) atoms. The molecule has 1 rings (SSSR count). The maximum Gasteiger partial charge on any atom is 0.0350 e. The minimum absolute atomic E-state index is 0.992. The third-order valence-electron chi connectivity index (χ3n) is 1.94. The molecule has 0 spiro atoms. The lowest BCUT2D eigenvalue weighted by Crippen LogP contribution is -2.27. The second kappa shape index (κ2) is 3.62. The fraction of sp³-hybridized carbons (Fsp3) is 0.750. The number of hydrogen-bond acceptors (Lipinski definition) is 2. The predicted molar refractivity (Wildman–Crippen MR) is 43.9 cm³/mol. The van der Waals surface area contributed by atoms with Gasteiger partial charge in [0.15, 0.2) is 0 Å². The third kappa shape index (κ3) is 1.74. The average Bonchev–Trinajstić information content (AvgIpc) is 1.94. The number of hydrogen-bond donors (Lipinski definition) is 2. The van der Waals surface area contributed by atoms with Crippen LogP contribution in [0.1, 0.15) is 19.8 Å². The van der Waals surface area contributed by atoms with Crippen LogP contribution in [0.5, 0.6) is 0 Å². The van der Waals surface area contributed by atoms with Gasteiger partial charge in [0.2, 0.25) is 0 Å². The highest BCUT2D eigenvalue weighted by Gasteiger charge is 2.05. The van der Waals surface area contributed by atoms with E-state index in [2.05, 4.69) is 17.6 Å². The monoisotopic (exact) mass is 140 g/mol. The molecule has 2 heteroatoms. The number of likely N-dealkylation sites (N-methyl/N-ethyl adjacent to an activating group) is 1. The van der Waals surface area contributed by atoms with Gasteiger partial charge in [-0.1, -0.05) is 5.57 Å². The van der Waals surface area contributed by atoms with Crippen molar-refractivity contribution in [1.82, 2.24) is 10.6 Å². The van der Waals surface area contributed by atoms with E-state index in [-0.39, 0.29) is 0 Å². The van der Waals surface area contributed by atoms with Gasteiger partial charge in [-0.3, -0.25) is 0 Å². The molecule has 0 aliphatic carbocycles. The molecule has 1 aliphatic heterocycles. The van der Waals surface area contributed by atoms with Gasteiger partial charge >= 0.3 is 0 Å². The Labute approximate surface area is 62.7 Å². The molecule has 0 aromatic rings. The lowest BCUT2D eigenvalue weighted by molar-refractivity contribution is 0.631. The quantitative estimate of drug-likeness (QED) is 0.594. The van der Waals surface area contributed by atoms with Gasteiger partial charge in [0.05, 0.1) is 0 Å². The lowest BCUT2D eigenvalue weighted by atomic mass is 10.1. The minimum atomic E-state index is 0.992. The molecule has 0 saturated carbocycles. The lowest BCUT2D eigenvalue weighted by Gasteiger charge is -2.19. The van der Waals surface area contributed by atoms with Crippen molar-refractivity contribution < 1.29 is 0 Å². The summed E-state index contributed by atoms with van der Waals surface area (Å²) in [6, 6.07) is 0. The SMILES string of the molecule is CNCC1=C(C)CCCN1. The number of rotatable bonds is 2. The Hall–Kier alpha value is -0.500. The second-order valence-corrected chi connectivity index (χ2v) is 2.82. The molecule has 0 unspecified atom stereocenters. The summed E-state index contributed by atoms with van der Waals surface area (Å²) < 4.78 is 0. The van der Waals surface area contributed by atoms with Crippen molar-refractivity contribution >= 4 is 0 Å². The third-order valence-corrected chi connectivity index (χ3v) is 1.94. The van der Waals surface area contributed by atoms with E-state index >= 15 is 0 Å². The summed E-state index contributed by atoms with van der Waals surface area (Å²) in [5, 5.41) is 6.53. The zero-order valence-corrected chi connectivity index (χ0v) is 6.83. The molecule has 58 valence electrons. The van der Waals surface area contributed by atoms with Gasteiger partial charge in [0.25, 0.3) is 0 Å². The summed E-state index contributed by atoms with van der Waals surface area (Å²) in [4.78, 5) is 0. The Morgan fingerprint density at radius 3 is 3.00 bits per heavy atom. The Bertz CT molecular complexity index is 138. The van der Waals surface area contributed by atoms with E-state index < -0.39 is 0 Å². The van der Waals surface area contributed by atoms with Gasteiger partial charge in [-0.2, -0.15) is 0 Å². The largest absolute Gasteiger partial charge is 0.387 e. The second-order valence-electron chi connectivity index (χ2n) is 2.82. The highest BCUT2D eigenvalue weighted by Crippen LogP contribution is 2.11. The number of allylic oxidation sites excluding steroid dienone is 1. The molecule has 0 fully saturated rings. The van der Waals surface area contributed by atoms with E-state index in [9.17, 15) is 0 Å². The molecule has 0 atom stereocenters. The average molecular weight is 140 g/mol. The standard InChI is InChI=1S/C8H16N2/c1-7-4-3-5-10-8(7)6-9-2/h9-10H,3-6H2,1-2H3. The maximum atomic E-state index is 3.39. The molecule has 2 N–H and O–H groups in total. The molecule has 2 nitrogen and oxygen atoms in total. The van der Waals surface area contributed by atoms with Gasteiger partial charge < -0.3 is 10.6 Å². The summed E-state index contributed by atoms with van der Waals surface area (Å²) in [6.45, 7) is 4.35. The van der Waals surface area contributed by atoms with Gasteiger partial charge in [-0.25, -0.2) is 0 Å². The summed E-state index contributed by atoms with van der Waals surface area (Å²) in [5.41, 5.74) is 2.91. The molecule has 0 aromatic carbocycles. The minimum Gasteiger partial charge on any atom is -0.387 e. The fourth-order valence-corrected chi connectivity index (χ4v) is 1.28. The van der Waals surface area contributed by atoms with Crippen LogP contribution in [0.15, 0.2) is 11.3 Å². The molecular formula is C8H16N2. The Balaban J connectivity index is 2.50. The Morgan fingerprint density at radius 1 is 1.60 bits per heavy atom. The first kappa shape index (κ1) is 7.61. The molecular weight excluding hydrogens is 124 g/mol. The topological polar surface area (TPSA) is 24.1 Å². The molecule has 0 radical (unpaired) electrons. The highest BCUT2D eigenvalue weighted by atomic mass is 14.9. The van der Waals surface area contributed by atoms with Gasteiger partial charge in [0, 0.05) is 18.8 Å². The highest BCUT2D eigenvalue weighted by molar-refractivity contribution is 5.14. The van der Waals surface area contributed by atoms with Crippen LogP contribution in [0, 0.1) is 0 Å². The van der Waals surface area contributed by atoms with E-state index in [1.807, 2.05) is 7.05 Å². The Kier molecular flexibility index (Phi) is 2.75. The van der Waals surface area contributed by atoms with E-state index in [0.29, 0.717) is 0 Å². The van der Waals surface area contributed by atoms with Crippen LogP contribution < -0.4 is 10.6 Å². The molecule has 0 bridgehead atoms. The zero-order chi connectivity index (χ0) is 7.40. The van der Waals surface area contributed by atoms with E-state index in [1.54, 1.807) is 0 Å². The van der Waals surface area contributed by atoms with E-state index in [4.69, 9.17) is 0 Å². The first-order valence-corrected chi connectivity index (χ1v) is 3.91. The summed E-state index contributed by atoms with van der Waals surface area (Å²) >= 11 is 0. The van der Waals surface area contributed by atoms with Crippen LogP contribution in [-0.2, 0) is 0 Å². The van der Waals surface area contributed by atoms with Crippen LogP contribution in [-0.4, -0.2) is 20.1 Å². The van der Waals surface area contributed by atoms with E-state index in [1.165, 1.54) is 24.1 Å². The first-order chi connectivity index (χ1) is 4.84. The normalized spacial score (nSPS) is 19.0. The van der Waals surface area contributed by atoms with Crippen molar-refractivity contribution in [1.29, 1.82) is 0 Å². The molecule has 1 heterocycles. The summed E-state index contributed by atoms with van der Waals surface area (Å²) in [7, 11) is 1.98. The van der Waals surface area contributed by atoms with Crippen LogP contribution in [0.2, 0.25) is 0 Å². The number of nitrogens with one attached hydrogen (secondary N) is 2. The molecule has 0 saturated heterocycles. The fourth-order valence-electron chi connectivity index (χ4n) is 1.28. The van der Waals surface area contributed by atoms with Crippen LogP contribution in [0.25, 0.3) is 0 Å². The summed E-state index contributed by atoms with van der Waals surface area (Å²) in [5.74, 6) is 0. The molecule has 1 aliphatic rings. The summed E-state index contributed by atoms with van der Waals surface area (Å²) in [6.07, 6.45) is 2.56. The van der Waals surface area contributed by atoms with Crippen LogP contribution >= 0.6 is 0 Å². The first-order valence-electron chi connectivity index (χ1n) is 3.91. The van der Waals surface area contributed by atoms with Crippen molar-refractivity contribution in [2.75, 3.05) is 20.1 Å². The van der Waals surface area contributed by atoms with Gasteiger partial charge in [0.1, 0.15) is 0 Å². The van der Waals surface area contributed by atoms with Crippen molar-refractivity contribution in [3.63, 3.8) is 0 Å². The van der Waals surface area contributed by atoms with Crippen molar-refractivity contribution in [3.8, 4) is 0 Å². The molecule has 0 aromatic heterocycles. The van der Waals surface area contributed by atoms with Crippen molar-refractivity contribution in [3.05, 3.63) is 11.3 Å². The predicted octanol–water partition coefficient (Wildman–Crippen LogP) is 0.863. The van der Waals surface area contributed by atoms with Gasteiger partial charge in [-0.15, -0.1) is 0 Å².